The SMILES string of the molecule is CCOc1cc([C@H]2CC(=O)N(CC(=O)N(CC3CC3)c3nc(C(C)C)ns3)C2)ccc1C(C)O. The molecule has 0 bridgehead atoms. The lowest BCUT2D eigenvalue weighted by Gasteiger charge is -2.23. The molecule has 0 radical (unpaired) electrons. The van der Waals surface area contributed by atoms with Gasteiger partial charge >= 0.3 is 0 Å². The number of amides is 2. The van der Waals surface area contributed by atoms with Crippen LogP contribution in [0.15, 0.2) is 18.2 Å². The van der Waals surface area contributed by atoms with Crippen molar-refractivity contribution in [2.24, 2.45) is 5.92 Å². The van der Waals surface area contributed by atoms with Gasteiger partial charge in [0.1, 0.15) is 18.1 Å². The minimum absolute atomic E-state index is 0.0199. The first-order chi connectivity index (χ1) is 16.3. The Morgan fingerprint density at radius 3 is 2.71 bits per heavy atom. The maximum atomic E-state index is 13.3. The van der Waals surface area contributed by atoms with Gasteiger partial charge in [0, 0.05) is 48.4 Å². The van der Waals surface area contributed by atoms with Crippen LogP contribution in [0.25, 0.3) is 0 Å². The highest BCUT2D eigenvalue weighted by Crippen LogP contribution is 2.35. The van der Waals surface area contributed by atoms with Gasteiger partial charge in [-0.2, -0.15) is 4.37 Å². The Kier molecular flexibility index (Phi) is 7.52. The predicted octanol–water partition coefficient (Wildman–Crippen LogP) is 3.87. The normalized spacial score (nSPS) is 19.1. The van der Waals surface area contributed by atoms with Crippen LogP contribution in [0.4, 0.5) is 5.13 Å². The molecule has 1 unspecified atom stereocenters. The van der Waals surface area contributed by atoms with E-state index in [0.717, 1.165) is 29.8 Å². The van der Waals surface area contributed by atoms with E-state index in [0.29, 0.717) is 42.9 Å². The van der Waals surface area contributed by atoms with Crippen molar-refractivity contribution in [3.8, 4) is 5.75 Å². The van der Waals surface area contributed by atoms with Crippen molar-refractivity contribution in [1.82, 2.24) is 14.3 Å². The van der Waals surface area contributed by atoms with Gasteiger partial charge in [0.05, 0.1) is 12.7 Å². The number of nitrogens with zero attached hydrogens (tertiary/aromatic N) is 4. The number of carbonyl (C=O) groups is 2. The smallest absolute Gasteiger partial charge is 0.248 e. The van der Waals surface area contributed by atoms with Gasteiger partial charge in [-0.15, -0.1) is 0 Å². The summed E-state index contributed by atoms with van der Waals surface area (Å²) in [4.78, 5) is 34.1. The zero-order chi connectivity index (χ0) is 24.4. The lowest BCUT2D eigenvalue weighted by molar-refractivity contribution is -0.132. The minimum atomic E-state index is -0.635. The summed E-state index contributed by atoms with van der Waals surface area (Å²) in [7, 11) is 0. The van der Waals surface area contributed by atoms with Crippen molar-refractivity contribution in [3.63, 3.8) is 0 Å². The first-order valence-corrected chi connectivity index (χ1v) is 12.9. The zero-order valence-electron chi connectivity index (χ0n) is 20.4. The van der Waals surface area contributed by atoms with E-state index in [1.165, 1.54) is 11.5 Å². The molecule has 184 valence electrons. The second-order valence-electron chi connectivity index (χ2n) is 9.62. The first kappa shape index (κ1) is 24.6. The highest BCUT2D eigenvalue weighted by molar-refractivity contribution is 7.09. The summed E-state index contributed by atoms with van der Waals surface area (Å²) in [5, 5.41) is 10.6. The molecule has 1 aromatic heterocycles. The van der Waals surface area contributed by atoms with E-state index in [1.54, 1.807) is 16.7 Å². The number of anilines is 1. The van der Waals surface area contributed by atoms with Crippen LogP contribution in [-0.2, 0) is 9.59 Å². The Morgan fingerprint density at radius 2 is 2.09 bits per heavy atom. The molecule has 1 saturated carbocycles. The molecule has 2 fully saturated rings. The number of likely N-dealkylation sites (tertiary alicyclic amines) is 1. The van der Waals surface area contributed by atoms with Crippen molar-refractivity contribution >= 4 is 28.5 Å². The number of benzene rings is 1. The van der Waals surface area contributed by atoms with Crippen LogP contribution in [0.1, 0.15) is 81.8 Å². The molecule has 2 amide bonds. The molecule has 1 N–H and O–H groups in total. The first-order valence-electron chi connectivity index (χ1n) is 12.1. The molecule has 4 rings (SSSR count). The van der Waals surface area contributed by atoms with Crippen LogP contribution in [-0.4, -0.2) is 57.4 Å². The number of ether oxygens (including phenoxy) is 1. The van der Waals surface area contributed by atoms with Gasteiger partial charge in [-0.25, -0.2) is 4.98 Å². The zero-order valence-corrected chi connectivity index (χ0v) is 21.2. The molecule has 1 aliphatic heterocycles. The number of aromatic nitrogens is 2. The molecule has 2 aliphatic rings. The largest absolute Gasteiger partial charge is 0.493 e. The van der Waals surface area contributed by atoms with E-state index in [-0.39, 0.29) is 30.2 Å². The molecule has 9 heteroatoms. The van der Waals surface area contributed by atoms with Gasteiger partial charge in [-0.1, -0.05) is 26.0 Å². The summed E-state index contributed by atoms with van der Waals surface area (Å²) < 4.78 is 10.1. The predicted molar refractivity (Wildman–Crippen MR) is 131 cm³/mol. The summed E-state index contributed by atoms with van der Waals surface area (Å²) >= 11 is 1.26. The molecule has 34 heavy (non-hydrogen) atoms. The Labute approximate surface area is 205 Å². The fraction of sp³-hybridized carbons (Fsp3) is 0.600. The third kappa shape index (κ3) is 5.58. The van der Waals surface area contributed by atoms with Gasteiger partial charge < -0.3 is 14.7 Å². The topological polar surface area (TPSA) is 95.9 Å². The highest BCUT2D eigenvalue weighted by atomic mass is 32.1. The van der Waals surface area contributed by atoms with E-state index < -0.39 is 6.10 Å². The number of aliphatic hydroxyl groups excluding tert-OH is 1. The third-order valence-electron chi connectivity index (χ3n) is 6.42. The molecule has 2 atom stereocenters. The minimum Gasteiger partial charge on any atom is -0.493 e. The van der Waals surface area contributed by atoms with E-state index in [9.17, 15) is 14.7 Å². The number of aliphatic hydroxyl groups is 1. The summed E-state index contributed by atoms with van der Waals surface area (Å²) in [5.74, 6) is 1.94. The van der Waals surface area contributed by atoms with Gasteiger partial charge in [0.15, 0.2) is 0 Å². The lowest BCUT2D eigenvalue weighted by Crippen LogP contribution is -2.42. The molecule has 2 heterocycles. The van der Waals surface area contributed by atoms with Crippen molar-refractivity contribution in [2.75, 3.05) is 31.1 Å². The summed E-state index contributed by atoms with van der Waals surface area (Å²) in [6, 6.07) is 5.73. The molecule has 0 spiro atoms. The van der Waals surface area contributed by atoms with Gasteiger partial charge in [0.2, 0.25) is 16.9 Å². The molecule has 1 saturated heterocycles. The Hall–Kier alpha value is -2.52. The van der Waals surface area contributed by atoms with E-state index in [1.807, 2.05) is 39.0 Å². The molecule has 2 aromatic rings. The fourth-order valence-corrected chi connectivity index (χ4v) is 5.08. The molecule has 8 nitrogen and oxygen atoms in total. The van der Waals surface area contributed by atoms with Crippen LogP contribution in [0.2, 0.25) is 0 Å². The quantitative estimate of drug-likeness (QED) is 0.548. The average molecular weight is 487 g/mol. The fourth-order valence-electron chi connectivity index (χ4n) is 4.24. The Morgan fingerprint density at radius 1 is 1.32 bits per heavy atom. The maximum Gasteiger partial charge on any atom is 0.248 e. The average Bonchev–Trinajstić information content (AvgIpc) is 3.35. The Bertz CT molecular complexity index is 1030. The number of hydrogen-bond donors (Lipinski definition) is 1. The molecular formula is C25H34N4O4S. The van der Waals surface area contributed by atoms with Gasteiger partial charge in [0.25, 0.3) is 0 Å². The van der Waals surface area contributed by atoms with E-state index >= 15 is 0 Å². The van der Waals surface area contributed by atoms with E-state index in [4.69, 9.17) is 4.74 Å². The standard InChI is InChI=1S/C25H34N4O4S/c1-5-33-21-10-18(8-9-20(21)16(4)30)19-11-22(31)28(13-19)14-23(32)29(12-17-6-7-17)25-26-24(15(2)3)27-34-25/h8-10,15-17,19,30H,5-7,11-14H2,1-4H3/t16?,19-/m0/s1. The van der Waals surface area contributed by atoms with Crippen LogP contribution >= 0.6 is 11.5 Å². The van der Waals surface area contributed by atoms with Crippen molar-refractivity contribution in [3.05, 3.63) is 35.2 Å². The number of carbonyl (C=O) groups excluding carboxylic acids is 2. The molecule has 1 aliphatic carbocycles. The van der Waals surface area contributed by atoms with Crippen molar-refractivity contribution in [2.45, 2.75) is 64.9 Å². The molecular weight excluding hydrogens is 452 g/mol. The summed E-state index contributed by atoms with van der Waals surface area (Å²) in [6.07, 6.45) is 1.96. The highest BCUT2D eigenvalue weighted by Gasteiger charge is 2.35. The van der Waals surface area contributed by atoms with Crippen molar-refractivity contribution < 1.29 is 19.4 Å². The third-order valence-corrected chi connectivity index (χ3v) is 7.17. The van der Waals surface area contributed by atoms with Crippen LogP contribution < -0.4 is 9.64 Å². The van der Waals surface area contributed by atoms with Crippen LogP contribution in [0.5, 0.6) is 5.75 Å². The van der Waals surface area contributed by atoms with Crippen LogP contribution in [0.3, 0.4) is 0 Å². The number of hydrogen-bond acceptors (Lipinski definition) is 7. The second kappa shape index (κ2) is 10.4. The second-order valence-corrected chi connectivity index (χ2v) is 10.3. The van der Waals surface area contributed by atoms with Crippen LogP contribution in [0, 0.1) is 5.92 Å². The number of rotatable bonds is 10. The molecule has 1 aromatic carbocycles. The van der Waals surface area contributed by atoms with E-state index in [2.05, 4.69) is 9.36 Å². The van der Waals surface area contributed by atoms with Gasteiger partial charge in [-0.05, 0) is 44.2 Å². The monoisotopic (exact) mass is 486 g/mol. The summed E-state index contributed by atoms with van der Waals surface area (Å²) in [6.45, 7) is 9.33. The maximum absolute atomic E-state index is 13.3. The summed E-state index contributed by atoms with van der Waals surface area (Å²) in [5.41, 5.74) is 1.71. The van der Waals surface area contributed by atoms with Crippen molar-refractivity contribution in [1.29, 1.82) is 0 Å². The Balaban J connectivity index is 1.46. The lowest BCUT2D eigenvalue weighted by atomic mass is 9.95. The van der Waals surface area contributed by atoms with Gasteiger partial charge in [-0.3, -0.25) is 14.5 Å².